The summed E-state index contributed by atoms with van der Waals surface area (Å²) in [5, 5.41) is 5.73. The highest BCUT2D eigenvalue weighted by molar-refractivity contribution is 5.78. The van der Waals surface area contributed by atoms with E-state index in [9.17, 15) is 4.79 Å². The molecule has 0 spiro atoms. The zero-order valence-electron chi connectivity index (χ0n) is 14.2. The van der Waals surface area contributed by atoms with Crippen molar-refractivity contribution in [3.05, 3.63) is 29.6 Å². The number of para-hydroxylation sites is 1. The van der Waals surface area contributed by atoms with Gasteiger partial charge in [-0.05, 0) is 50.7 Å². The highest BCUT2D eigenvalue weighted by atomic mass is 16.5. The number of aromatic nitrogens is 2. The van der Waals surface area contributed by atoms with Crippen LogP contribution in [0.2, 0.25) is 0 Å². The van der Waals surface area contributed by atoms with Gasteiger partial charge in [0, 0.05) is 13.2 Å². The van der Waals surface area contributed by atoms with Crippen LogP contribution in [0.3, 0.4) is 0 Å². The summed E-state index contributed by atoms with van der Waals surface area (Å²) < 4.78 is 5.69. The van der Waals surface area contributed by atoms with E-state index in [-0.39, 0.29) is 6.03 Å². The number of nitrogens with zero attached hydrogens (tertiary/aromatic N) is 1. The predicted octanol–water partition coefficient (Wildman–Crippen LogP) is 3.02. The number of aromatic amines is 1. The summed E-state index contributed by atoms with van der Waals surface area (Å²) in [6.45, 7) is 3.98. The molecule has 3 N–H and O–H groups in total. The summed E-state index contributed by atoms with van der Waals surface area (Å²) in [6, 6.07) is 5.86. The number of rotatable bonds is 6. The molecule has 1 aliphatic rings. The van der Waals surface area contributed by atoms with Crippen LogP contribution in [-0.4, -0.2) is 35.3 Å². The van der Waals surface area contributed by atoms with Crippen LogP contribution in [0, 0.1) is 6.92 Å². The first-order chi connectivity index (χ1) is 11.7. The van der Waals surface area contributed by atoms with E-state index < -0.39 is 0 Å². The highest BCUT2D eigenvalue weighted by Crippen LogP contribution is 2.16. The van der Waals surface area contributed by atoms with E-state index in [1.54, 1.807) is 0 Å². The number of fused-ring (bicyclic) bond motifs is 1. The van der Waals surface area contributed by atoms with Crippen molar-refractivity contribution < 1.29 is 9.53 Å². The zero-order valence-corrected chi connectivity index (χ0v) is 14.2. The fourth-order valence-corrected chi connectivity index (χ4v) is 3.10. The van der Waals surface area contributed by atoms with Gasteiger partial charge in [-0.1, -0.05) is 12.1 Å². The van der Waals surface area contributed by atoms with Crippen molar-refractivity contribution in [2.24, 2.45) is 0 Å². The third-order valence-corrected chi connectivity index (χ3v) is 4.44. The van der Waals surface area contributed by atoms with Gasteiger partial charge >= 0.3 is 6.03 Å². The molecule has 0 aliphatic carbocycles. The van der Waals surface area contributed by atoms with Gasteiger partial charge < -0.3 is 20.4 Å². The SMILES string of the molecule is Cc1cccc2[nH]c(CNC(=O)NCCC[C@@H]3CCCCO3)nc12. The summed E-state index contributed by atoms with van der Waals surface area (Å²) in [5.41, 5.74) is 3.09. The summed E-state index contributed by atoms with van der Waals surface area (Å²) in [7, 11) is 0. The monoisotopic (exact) mass is 330 g/mol. The van der Waals surface area contributed by atoms with Crippen molar-refractivity contribution >= 4 is 17.1 Å². The number of benzene rings is 1. The number of hydrogen-bond donors (Lipinski definition) is 3. The van der Waals surface area contributed by atoms with Crippen LogP contribution in [0.1, 0.15) is 43.5 Å². The molecule has 0 unspecified atom stereocenters. The summed E-state index contributed by atoms with van der Waals surface area (Å²) in [6.07, 6.45) is 5.93. The van der Waals surface area contributed by atoms with E-state index >= 15 is 0 Å². The molecule has 1 aromatic carbocycles. The average molecular weight is 330 g/mol. The molecule has 130 valence electrons. The maximum atomic E-state index is 11.9. The lowest BCUT2D eigenvalue weighted by molar-refractivity contribution is 0.0103. The van der Waals surface area contributed by atoms with E-state index in [0.29, 0.717) is 19.2 Å². The van der Waals surface area contributed by atoms with E-state index in [1.807, 2.05) is 25.1 Å². The van der Waals surface area contributed by atoms with Gasteiger partial charge in [-0.3, -0.25) is 0 Å². The Hall–Kier alpha value is -2.08. The van der Waals surface area contributed by atoms with Gasteiger partial charge in [-0.25, -0.2) is 9.78 Å². The van der Waals surface area contributed by atoms with Crippen molar-refractivity contribution in [1.82, 2.24) is 20.6 Å². The Labute approximate surface area is 142 Å². The fraction of sp³-hybridized carbons (Fsp3) is 0.556. The van der Waals surface area contributed by atoms with Crippen LogP contribution in [-0.2, 0) is 11.3 Å². The first kappa shape index (κ1) is 16.8. The molecule has 6 nitrogen and oxygen atoms in total. The van der Waals surface area contributed by atoms with Crippen LogP contribution < -0.4 is 10.6 Å². The first-order valence-electron chi connectivity index (χ1n) is 8.80. The van der Waals surface area contributed by atoms with Gasteiger partial charge in [0.2, 0.25) is 0 Å². The summed E-state index contributed by atoms with van der Waals surface area (Å²) in [4.78, 5) is 19.6. The lowest BCUT2D eigenvalue weighted by Crippen LogP contribution is -2.36. The second kappa shape index (κ2) is 8.15. The summed E-state index contributed by atoms with van der Waals surface area (Å²) >= 11 is 0. The van der Waals surface area contributed by atoms with Gasteiger partial charge in [-0.2, -0.15) is 0 Å². The Kier molecular flexibility index (Phi) is 5.69. The number of amides is 2. The number of hydrogen-bond acceptors (Lipinski definition) is 3. The van der Waals surface area contributed by atoms with Crippen LogP contribution in [0.15, 0.2) is 18.2 Å². The molecule has 1 aliphatic heterocycles. The molecule has 0 saturated carbocycles. The number of carbonyl (C=O) groups excluding carboxylic acids is 1. The lowest BCUT2D eigenvalue weighted by Gasteiger charge is -2.22. The smallest absolute Gasteiger partial charge is 0.315 e. The quantitative estimate of drug-likeness (QED) is 0.712. The second-order valence-electron chi connectivity index (χ2n) is 6.39. The molecular weight excluding hydrogens is 304 g/mol. The third kappa shape index (κ3) is 4.47. The van der Waals surface area contributed by atoms with Crippen molar-refractivity contribution in [3.8, 4) is 0 Å². The van der Waals surface area contributed by atoms with Gasteiger partial charge in [0.15, 0.2) is 0 Å². The predicted molar refractivity (Wildman–Crippen MR) is 93.9 cm³/mol. The largest absolute Gasteiger partial charge is 0.378 e. The highest BCUT2D eigenvalue weighted by Gasteiger charge is 2.13. The number of aryl methyl sites for hydroxylation is 1. The molecule has 2 aromatic rings. The maximum Gasteiger partial charge on any atom is 0.315 e. The Morgan fingerprint density at radius 1 is 1.38 bits per heavy atom. The minimum atomic E-state index is -0.156. The van der Waals surface area contributed by atoms with Crippen LogP contribution in [0.5, 0.6) is 0 Å². The molecule has 2 amide bonds. The van der Waals surface area contributed by atoms with Gasteiger partial charge in [0.25, 0.3) is 0 Å². The number of ether oxygens (including phenoxy) is 1. The van der Waals surface area contributed by atoms with Crippen molar-refractivity contribution in [2.45, 2.75) is 51.7 Å². The van der Waals surface area contributed by atoms with Crippen molar-refractivity contribution in [3.63, 3.8) is 0 Å². The number of H-pyrrole nitrogens is 1. The van der Waals surface area contributed by atoms with Crippen LogP contribution >= 0.6 is 0 Å². The number of urea groups is 1. The lowest BCUT2D eigenvalue weighted by atomic mass is 10.0. The molecule has 2 heterocycles. The number of imidazole rings is 1. The molecule has 1 atom stereocenters. The second-order valence-corrected chi connectivity index (χ2v) is 6.39. The standard InChI is InChI=1S/C18H26N4O2/c1-13-6-4-9-15-17(13)22-16(21-15)12-20-18(23)19-10-5-8-14-7-2-3-11-24-14/h4,6,9,14H,2-3,5,7-8,10-12H2,1H3,(H,21,22)(H2,19,20,23)/t14-/m0/s1. The molecule has 24 heavy (non-hydrogen) atoms. The zero-order chi connectivity index (χ0) is 16.8. The molecule has 6 heteroatoms. The van der Waals surface area contributed by atoms with Gasteiger partial charge in [-0.15, -0.1) is 0 Å². The molecular formula is C18H26N4O2. The van der Waals surface area contributed by atoms with Crippen molar-refractivity contribution in [2.75, 3.05) is 13.2 Å². The maximum absolute atomic E-state index is 11.9. The average Bonchev–Trinajstić information content (AvgIpc) is 3.02. The van der Waals surface area contributed by atoms with Gasteiger partial charge in [0.05, 0.1) is 23.7 Å². The first-order valence-corrected chi connectivity index (χ1v) is 8.80. The Bertz CT molecular complexity index is 677. The third-order valence-electron chi connectivity index (χ3n) is 4.44. The number of carbonyl (C=O) groups is 1. The molecule has 0 bridgehead atoms. The molecule has 1 aromatic heterocycles. The van der Waals surface area contributed by atoms with E-state index in [4.69, 9.17) is 4.74 Å². The molecule has 0 radical (unpaired) electrons. The van der Waals surface area contributed by atoms with Crippen molar-refractivity contribution in [1.29, 1.82) is 0 Å². The minimum Gasteiger partial charge on any atom is -0.378 e. The minimum absolute atomic E-state index is 0.156. The summed E-state index contributed by atoms with van der Waals surface area (Å²) in [5.74, 6) is 0.769. The van der Waals surface area contributed by atoms with Crippen LogP contribution in [0.25, 0.3) is 11.0 Å². The number of nitrogens with one attached hydrogen (secondary N) is 3. The van der Waals surface area contributed by atoms with E-state index in [1.165, 1.54) is 12.8 Å². The molecule has 1 fully saturated rings. The molecule has 3 rings (SSSR count). The fourth-order valence-electron chi connectivity index (χ4n) is 3.10. The topological polar surface area (TPSA) is 79.0 Å². The van der Waals surface area contributed by atoms with Gasteiger partial charge in [0.1, 0.15) is 5.82 Å². The normalized spacial score (nSPS) is 17.8. The van der Waals surface area contributed by atoms with E-state index in [2.05, 4.69) is 20.6 Å². The Morgan fingerprint density at radius 2 is 2.29 bits per heavy atom. The Morgan fingerprint density at radius 3 is 3.08 bits per heavy atom. The Balaban J connectivity index is 1.36. The van der Waals surface area contributed by atoms with Crippen LogP contribution in [0.4, 0.5) is 4.79 Å². The van der Waals surface area contributed by atoms with E-state index in [0.717, 1.165) is 48.3 Å². The molecule has 1 saturated heterocycles.